The van der Waals surface area contributed by atoms with Crippen molar-refractivity contribution in [2.24, 2.45) is 0 Å². The van der Waals surface area contributed by atoms with Gasteiger partial charge in [-0.2, -0.15) is 0 Å². The highest BCUT2D eigenvalue weighted by Crippen LogP contribution is 2.10. The lowest BCUT2D eigenvalue weighted by Crippen LogP contribution is -2.20. The van der Waals surface area contributed by atoms with Crippen LogP contribution in [0.25, 0.3) is 0 Å². The zero-order valence-electron chi connectivity index (χ0n) is 13.0. The minimum atomic E-state index is -0.220. The van der Waals surface area contributed by atoms with Gasteiger partial charge in [0.25, 0.3) is 5.56 Å². The van der Waals surface area contributed by atoms with E-state index in [4.69, 9.17) is 11.6 Å². The molecule has 0 fully saturated rings. The van der Waals surface area contributed by atoms with Gasteiger partial charge in [0, 0.05) is 18.0 Å². The van der Waals surface area contributed by atoms with Crippen LogP contribution in [0.5, 0.6) is 0 Å². The predicted octanol–water partition coefficient (Wildman–Crippen LogP) is 3.06. The van der Waals surface area contributed by atoms with Crippen molar-refractivity contribution in [3.05, 3.63) is 86.8 Å². The van der Waals surface area contributed by atoms with Crippen LogP contribution < -0.4 is 10.9 Å². The average molecular weight is 341 g/mol. The summed E-state index contributed by atoms with van der Waals surface area (Å²) in [5, 5.41) is 11.9. The average Bonchev–Trinajstić information content (AvgIpc) is 2.60. The molecule has 0 aliphatic rings. The van der Waals surface area contributed by atoms with Crippen LogP contribution in [-0.2, 0) is 12.8 Å². The first-order valence-electron chi connectivity index (χ1n) is 7.69. The number of rotatable bonds is 6. The van der Waals surface area contributed by atoms with Crippen molar-refractivity contribution in [3.63, 3.8) is 0 Å². The Hall–Kier alpha value is -2.66. The molecule has 0 saturated heterocycles. The second-order valence-electron chi connectivity index (χ2n) is 5.42. The fourth-order valence-electron chi connectivity index (χ4n) is 2.32. The van der Waals surface area contributed by atoms with Gasteiger partial charge in [0.2, 0.25) is 5.95 Å². The van der Waals surface area contributed by atoms with Gasteiger partial charge in [-0.3, -0.25) is 9.78 Å². The van der Waals surface area contributed by atoms with Gasteiger partial charge in [-0.25, -0.2) is 0 Å². The van der Waals surface area contributed by atoms with Crippen molar-refractivity contribution in [3.8, 4) is 0 Å². The van der Waals surface area contributed by atoms with E-state index in [0.717, 1.165) is 22.6 Å². The molecule has 6 heteroatoms. The second-order valence-corrected chi connectivity index (χ2v) is 5.85. The van der Waals surface area contributed by atoms with Crippen molar-refractivity contribution >= 4 is 17.5 Å². The largest absolute Gasteiger partial charge is 0.354 e. The lowest BCUT2D eigenvalue weighted by Gasteiger charge is -2.06. The van der Waals surface area contributed by atoms with Crippen molar-refractivity contribution in [2.75, 3.05) is 11.9 Å². The van der Waals surface area contributed by atoms with Gasteiger partial charge in [-0.15, -0.1) is 10.2 Å². The normalized spacial score (nSPS) is 10.5. The van der Waals surface area contributed by atoms with E-state index in [2.05, 4.69) is 20.5 Å². The molecule has 1 heterocycles. The molecule has 0 atom stereocenters. The van der Waals surface area contributed by atoms with Crippen molar-refractivity contribution in [2.45, 2.75) is 12.8 Å². The van der Waals surface area contributed by atoms with Crippen LogP contribution in [0.1, 0.15) is 16.8 Å². The van der Waals surface area contributed by atoms with Gasteiger partial charge in [0.05, 0.1) is 0 Å². The number of benzene rings is 2. The molecule has 0 radical (unpaired) electrons. The number of hydrogen-bond acceptors (Lipinski definition) is 4. The van der Waals surface area contributed by atoms with Crippen LogP contribution in [0.3, 0.4) is 0 Å². The third-order valence-corrected chi connectivity index (χ3v) is 3.85. The molecule has 0 unspecified atom stereocenters. The Morgan fingerprint density at radius 2 is 1.71 bits per heavy atom. The Morgan fingerprint density at radius 3 is 2.42 bits per heavy atom. The third kappa shape index (κ3) is 4.43. The molecule has 5 nitrogen and oxygen atoms in total. The van der Waals surface area contributed by atoms with Gasteiger partial charge in [-0.05, 0) is 29.7 Å². The third-order valence-electron chi connectivity index (χ3n) is 3.60. The molecule has 24 heavy (non-hydrogen) atoms. The lowest BCUT2D eigenvalue weighted by atomic mass is 10.1. The standard InChI is InChI=1S/C18H17ClN4O/c19-15-8-6-13(7-9-15)10-11-20-18-21-17(24)16(22-23-18)12-14-4-2-1-3-5-14/h1-9H,10-12H2,(H2,20,21,23,24). The first kappa shape index (κ1) is 16.2. The first-order valence-corrected chi connectivity index (χ1v) is 8.06. The Labute approximate surface area is 144 Å². The van der Waals surface area contributed by atoms with Gasteiger partial charge in [0.1, 0.15) is 5.69 Å². The summed E-state index contributed by atoms with van der Waals surface area (Å²) in [6.45, 7) is 0.643. The molecular formula is C18H17ClN4O. The topological polar surface area (TPSA) is 70.7 Å². The van der Waals surface area contributed by atoms with Crippen LogP contribution in [0.2, 0.25) is 5.02 Å². The van der Waals surface area contributed by atoms with Crippen LogP contribution in [0, 0.1) is 0 Å². The highest BCUT2D eigenvalue weighted by Gasteiger charge is 2.05. The number of anilines is 1. The molecule has 3 aromatic rings. The molecule has 3 rings (SSSR count). The second kappa shape index (κ2) is 7.75. The summed E-state index contributed by atoms with van der Waals surface area (Å²) >= 11 is 5.86. The molecule has 0 saturated carbocycles. The van der Waals surface area contributed by atoms with E-state index in [1.807, 2.05) is 54.6 Å². The van der Waals surface area contributed by atoms with Crippen LogP contribution >= 0.6 is 11.6 Å². The van der Waals surface area contributed by atoms with Crippen molar-refractivity contribution < 1.29 is 0 Å². The van der Waals surface area contributed by atoms with Crippen molar-refractivity contribution in [1.82, 2.24) is 15.2 Å². The predicted molar refractivity (Wildman–Crippen MR) is 95.5 cm³/mol. The summed E-state index contributed by atoms with van der Waals surface area (Å²) < 4.78 is 0. The van der Waals surface area contributed by atoms with Gasteiger partial charge in [0.15, 0.2) is 0 Å². The molecule has 0 aliphatic heterocycles. The molecule has 0 bridgehead atoms. The van der Waals surface area contributed by atoms with E-state index in [0.29, 0.717) is 24.6 Å². The first-order chi connectivity index (χ1) is 11.7. The number of nitrogens with zero attached hydrogens (tertiary/aromatic N) is 2. The van der Waals surface area contributed by atoms with E-state index in [9.17, 15) is 4.79 Å². The summed E-state index contributed by atoms with van der Waals surface area (Å²) in [7, 11) is 0. The van der Waals surface area contributed by atoms with Crippen molar-refractivity contribution in [1.29, 1.82) is 0 Å². The molecule has 2 N–H and O–H groups in total. The number of nitrogens with one attached hydrogen (secondary N) is 2. The highest BCUT2D eigenvalue weighted by atomic mass is 35.5. The molecular weight excluding hydrogens is 324 g/mol. The summed E-state index contributed by atoms with van der Waals surface area (Å²) in [4.78, 5) is 14.8. The van der Waals surface area contributed by atoms with Crippen LogP contribution in [-0.4, -0.2) is 21.7 Å². The zero-order chi connectivity index (χ0) is 16.8. The Balaban J connectivity index is 1.58. The van der Waals surface area contributed by atoms with Crippen LogP contribution in [0.15, 0.2) is 59.4 Å². The number of aromatic nitrogens is 3. The van der Waals surface area contributed by atoms with Crippen LogP contribution in [0.4, 0.5) is 5.95 Å². The summed E-state index contributed by atoms with van der Waals surface area (Å²) in [6, 6.07) is 17.4. The lowest BCUT2D eigenvalue weighted by molar-refractivity contribution is 0.855. The summed E-state index contributed by atoms with van der Waals surface area (Å²) in [6.07, 6.45) is 1.26. The molecule has 1 aromatic heterocycles. The fourth-order valence-corrected chi connectivity index (χ4v) is 2.45. The minimum Gasteiger partial charge on any atom is -0.354 e. The van der Waals surface area contributed by atoms with E-state index < -0.39 is 0 Å². The minimum absolute atomic E-state index is 0.220. The zero-order valence-corrected chi connectivity index (χ0v) is 13.8. The quantitative estimate of drug-likeness (QED) is 0.723. The maximum Gasteiger partial charge on any atom is 0.274 e. The number of halogens is 1. The maximum atomic E-state index is 12.1. The number of hydrogen-bond donors (Lipinski definition) is 2. The van der Waals surface area contributed by atoms with E-state index >= 15 is 0 Å². The smallest absolute Gasteiger partial charge is 0.274 e. The maximum absolute atomic E-state index is 12.1. The SMILES string of the molecule is O=c1[nH]c(NCCc2ccc(Cl)cc2)nnc1Cc1ccccc1. The van der Waals surface area contributed by atoms with Gasteiger partial charge < -0.3 is 5.32 Å². The molecule has 122 valence electrons. The molecule has 2 aromatic carbocycles. The monoisotopic (exact) mass is 340 g/mol. The Bertz CT molecular complexity index is 847. The van der Waals surface area contributed by atoms with Gasteiger partial charge in [-0.1, -0.05) is 54.1 Å². The van der Waals surface area contributed by atoms with Gasteiger partial charge >= 0.3 is 0 Å². The fraction of sp³-hybridized carbons (Fsp3) is 0.167. The summed E-state index contributed by atoms with van der Waals surface area (Å²) in [5.41, 5.74) is 2.37. The molecule has 0 amide bonds. The summed E-state index contributed by atoms with van der Waals surface area (Å²) in [5.74, 6) is 0.380. The number of aromatic amines is 1. The van der Waals surface area contributed by atoms with E-state index in [1.165, 1.54) is 0 Å². The van der Waals surface area contributed by atoms with E-state index in [1.54, 1.807) is 0 Å². The Kier molecular flexibility index (Phi) is 5.23. The molecule has 0 aliphatic carbocycles. The number of H-pyrrole nitrogens is 1. The highest BCUT2D eigenvalue weighted by molar-refractivity contribution is 6.30. The van der Waals surface area contributed by atoms with E-state index in [-0.39, 0.29) is 5.56 Å². The molecule has 0 spiro atoms. The Morgan fingerprint density at radius 1 is 0.958 bits per heavy atom.